The lowest BCUT2D eigenvalue weighted by Crippen LogP contribution is -2.34. The molecule has 1 aromatic carbocycles. The highest BCUT2D eigenvalue weighted by atomic mass is 35.5. The smallest absolute Gasteiger partial charge is 0.195 e. The highest BCUT2D eigenvalue weighted by Gasteiger charge is 2.32. The molecule has 0 aromatic heterocycles. The minimum Gasteiger partial charge on any atom is -0.496 e. The highest BCUT2D eigenvalue weighted by Crippen LogP contribution is 2.32. The molecule has 0 N–H and O–H groups in total. The van der Waals surface area contributed by atoms with Crippen LogP contribution in [0.3, 0.4) is 0 Å². The predicted octanol–water partition coefficient (Wildman–Crippen LogP) is 4.52. The summed E-state index contributed by atoms with van der Waals surface area (Å²) >= 11 is 6.04. The maximum Gasteiger partial charge on any atom is 0.195 e. The number of halogens is 1. The first-order valence-electron chi connectivity index (χ1n) is 7.66. The van der Waals surface area contributed by atoms with Crippen LogP contribution in [0.4, 0.5) is 0 Å². The number of carbonyl (C=O) groups is 1. The maximum atomic E-state index is 12.9. The van der Waals surface area contributed by atoms with Gasteiger partial charge in [0.2, 0.25) is 0 Å². The van der Waals surface area contributed by atoms with Crippen molar-refractivity contribution in [2.24, 2.45) is 5.92 Å². The molecule has 0 amide bonds. The lowest BCUT2D eigenvalue weighted by Gasteiger charge is -2.29. The van der Waals surface area contributed by atoms with Crippen molar-refractivity contribution in [1.29, 1.82) is 0 Å². The summed E-state index contributed by atoms with van der Waals surface area (Å²) in [5, 5.41) is 0.540. The first kappa shape index (κ1) is 16.3. The van der Waals surface area contributed by atoms with Gasteiger partial charge >= 0.3 is 0 Å². The number of rotatable bonds is 6. The first-order chi connectivity index (χ1) is 10.2. The molecule has 0 bridgehead atoms. The summed E-state index contributed by atoms with van der Waals surface area (Å²) in [6, 6.07) is 5.14. The first-order valence-corrected chi connectivity index (χ1v) is 8.04. The van der Waals surface area contributed by atoms with Gasteiger partial charge in [0.1, 0.15) is 11.9 Å². The van der Waals surface area contributed by atoms with Crippen LogP contribution >= 0.6 is 11.6 Å². The molecule has 0 spiro atoms. The zero-order chi connectivity index (χ0) is 15.2. The van der Waals surface area contributed by atoms with Crippen LogP contribution in [0, 0.1) is 5.92 Å². The Hall–Kier alpha value is -1.06. The Kier molecular flexibility index (Phi) is 6.07. The van der Waals surface area contributed by atoms with Crippen LogP contribution in [0.2, 0.25) is 5.02 Å². The number of hydrogen-bond donors (Lipinski definition) is 0. The van der Waals surface area contributed by atoms with Gasteiger partial charge in [0, 0.05) is 11.6 Å². The third kappa shape index (κ3) is 3.98. The molecule has 1 unspecified atom stereocenters. The van der Waals surface area contributed by atoms with Crippen molar-refractivity contribution >= 4 is 17.4 Å². The molecule has 1 aliphatic rings. The Morgan fingerprint density at radius 2 is 2.05 bits per heavy atom. The number of ether oxygens (including phenoxy) is 2. The predicted molar refractivity (Wildman–Crippen MR) is 84.3 cm³/mol. The minimum atomic E-state index is -0.386. The number of carbonyl (C=O) groups excluding carboxylic acids is 1. The molecular formula is C17H23ClO3. The normalized spacial score (nSPS) is 17.5. The van der Waals surface area contributed by atoms with Gasteiger partial charge in [-0.1, -0.05) is 30.9 Å². The summed E-state index contributed by atoms with van der Waals surface area (Å²) < 4.78 is 11.1. The van der Waals surface area contributed by atoms with Gasteiger partial charge in [-0.25, -0.2) is 0 Å². The van der Waals surface area contributed by atoms with Crippen molar-refractivity contribution in [1.82, 2.24) is 0 Å². The van der Waals surface area contributed by atoms with Gasteiger partial charge in [-0.2, -0.15) is 0 Å². The SMILES string of the molecule is CCOC(C(=O)c1cc(Cl)ccc1OC)C1CCCCC1. The van der Waals surface area contributed by atoms with Crippen molar-refractivity contribution in [2.75, 3.05) is 13.7 Å². The summed E-state index contributed by atoms with van der Waals surface area (Å²) in [5.41, 5.74) is 0.522. The molecule has 1 atom stereocenters. The van der Waals surface area contributed by atoms with Crippen LogP contribution in [-0.4, -0.2) is 25.6 Å². The van der Waals surface area contributed by atoms with E-state index in [1.807, 2.05) is 6.92 Å². The van der Waals surface area contributed by atoms with Crippen molar-refractivity contribution in [3.63, 3.8) is 0 Å². The average Bonchev–Trinajstić information content (AvgIpc) is 2.52. The molecule has 116 valence electrons. The van der Waals surface area contributed by atoms with E-state index in [-0.39, 0.29) is 11.9 Å². The zero-order valence-corrected chi connectivity index (χ0v) is 13.5. The van der Waals surface area contributed by atoms with E-state index in [0.717, 1.165) is 12.8 Å². The number of Topliss-reactive ketones (excluding diaryl/α,β-unsaturated/α-hetero) is 1. The molecule has 21 heavy (non-hydrogen) atoms. The van der Waals surface area contributed by atoms with Gasteiger partial charge in [-0.15, -0.1) is 0 Å². The molecular weight excluding hydrogens is 288 g/mol. The van der Waals surface area contributed by atoms with E-state index < -0.39 is 0 Å². The van der Waals surface area contributed by atoms with Crippen LogP contribution in [0.15, 0.2) is 18.2 Å². The summed E-state index contributed by atoms with van der Waals surface area (Å²) in [5.74, 6) is 0.850. The Labute approximate surface area is 131 Å². The van der Waals surface area contributed by atoms with Gasteiger partial charge in [0.15, 0.2) is 5.78 Å². The molecule has 2 rings (SSSR count). The van der Waals surface area contributed by atoms with E-state index in [1.54, 1.807) is 25.3 Å². The van der Waals surface area contributed by atoms with Crippen LogP contribution in [-0.2, 0) is 4.74 Å². The van der Waals surface area contributed by atoms with E-state index in [4.69, 9.17) is 21.1 Å². The van der Waals surface area contributed by atoms with Crippen molar-refractivity contribution in [3.8, 4) is 5.75 Å². The molecule has 1 aliphatic carbocycles. The number of benzene rings is 1. The summed E-state index contributed by atoms with van der Waals surface area (Å²) in [4.78, 5) is 12.9. The van der Waals surface area contributed by atoms with Gasteiger partial charge in [0.25, 0.3) is 0 Å². The van der Waals surface area contributed by atoms with Crippen LogP contribution in [0.1, 0.15) is 49.4 Å². The van der Waals surface area contributed by atoms with E-state index in [1.165, 1.54) is 19.3 Å². The van der Waals surface area contributed by atoms with E-state index in [0.29, 0.717) is 28.9 Å². The topological polar surface area (TPSA) is 35.5 Å². The quantitative estimate of drug-likeness (QED) is 0.725. The fourth-order valence-corrected chi connectivity index (χ4v) is 3.24. The standard InChI is InChI=1S/C17H23ClO3/c1-3-21-17(12-7-5-4-6-8-12)16(19)14-11-13(18)9-10-15(14)20-2/h9-12,17H,3-8H2,1-2H3. The minimum absolute atomic E-state index is 0.0110. The van der Waals surface area contributed by atoms with Crippen LogP contribution < -0.4 is 4.74 Å². The fraction of sp³-hybridized carbons (Fsp3) is 0.588. The molecule has 1 aromatic rings. The Balaban J connectivity index is 2.27. The van der Waals surface area contributed by atoms with Gasteiger partial charge in [-0.3, -0.25) is 4.79 Å². The molecule has 0 saturated heterocycles. The summed E-state index contributed by atoms with van der Waals surface area (Å²) in [7, 11) is 1.57. The summed E-state index contributed by atoms with van der Waals surface area (Å²) in [6.45, 7) is 2.47. The molecule has 1 saturated carbocycles. The lowest BCUT2D eigenvalue weighted by atomic mass is 9.82. The Morgan fingerprint density at radius 1 is 1.33 bits per heavy atom. The van der Waals surface area contributed by atoms with Gasteiger partial charge < -0.3 is 9.47 Å². The Morgan fingerprint density at radius 3 is 2.67 bits per heavy atom. The third-order valence-electron chi connectivity index (χ3n) is 4.11. The Bertz CT molecular complexity index is 481. The third-order valence-corrected chi connectivity index (χ3v) is 4.34. The van der Waals surface area contributed by atoms with E-state index in [2.05, 4.69) is 0 Å². The van der Waals surface area contributed by atoms with Crippen molar-refractivity contribution in [2.45, 2.75) is 45.1 Å². The molecule has 0 radical (unpaired) electrons. The molecule has 1 fully saturated rings. The second-order valence-corrected chi connectivity index (χ2v) is 5.92. The monoisotopic (exact) mass is 310 g/mol. The van der Waals surface area contributed by atoms with Crippen molar-refractivity contribution in [3.05, 3.63) is 28.8 Å². The zero-order valence-electron chi connectivity index (χ0n) is 12.7. The highest BCUT2D eigenvalue weighted by molar-refractivity contribution is 6.31. The van der Waals surface area contributed by atoms with Gasteiger partial charge in [0.05, 0.1) is 12.7 Å². The van der Waals surface area contributed by atoms with Crippen molar-refractivity contribution < 1.29 is 14.3 Å². The number of methoxy groups -OCH3 is 1. The van der Waals surface area contributed by atoms with Gasteiger partial charge in [-0.05, 0) is 43.9 Å². The molecule has 3 nitrogen and oxygen atoms in total. The second kappa shape index (κ2) is 7.81. The van der Waals surface area contributed by atoms with E-state index >= 15 is 0 Å². The largest absolute Gasteiger partial charge is 0.496 e. The molecule has 0 heterocycles. The summed E-state index contributed by atoms with van der Waals surface area (Å²) in [6.07, 6.45) is 5.33. The fourth-order valence-electron chi connectivity index (χ4n) is 3.07. The van der Waals surface area contributed by atoms with E-state index in [9.17, 15) is 4.79 Å². The number of hydrogen-bond acceptors (Lipinski definition) is 3. The molecule has 0 aliphatic heterocycles. The second-order valence-electron chi connectivity index (χ2n) is 5.48. The molecule has 4 heteroatoms. The van der Waals surface area contributed by atoms with Crippen LogP contribution in [0.5, 0.6) is 5.75 Å². The maximum absolute atomic E-state index is 12.9. The average molecular weight is 311 g/mol. The number of ketones is 1. The lowest BCUT2D eigenvalue weighted by molar-refractivity contribution is 0.0125. The van der Waals surface area contributed by atoms with Crippen LogP contribution in [0.25, 0.3) is 0 Å².